The van der Waals surface area contributed by atoms with Gasteiger partial charge in [0, 0.05) is 29.6 Å². The first-order chi connectivity index (χ1) is 12.1. The molecule has 0 N–H and O–H groups in total. The Kier molecular flexibility index (Phi) is 5.33. The van der Waals surface area contributed by atoms with Crippen molar-refractivity contribution in [3.8, 4) is 11.5 Å². The van der Waals surface area contributed by atoms with Gasteiger partial charge in [0.15, 0.2) is 11.5 Å². The van der Waals surface area contributed by atoms with Crippen LogP contribution in [-0.2, 0) is 17.8 Å². The first kappa shape index (κ1) is 17.4. The summed E-state index contributed by atoms with van der Waals surface area (Å²) in [6.07, 6.45) is 3.70. The van der Waals surface area contributed by atoms with Crippen molar-refractivity contribution in [2.24, 2.45) is 0 Å². The summed E-state index contributed by atoms with van der Waals surface area (Å²) in [4.78, 5) is 15.5. The van der Waals surface area contributed by atoms with E-state index in [0.717, 1.165) is 6.42 Å². The molecule has 1 amide bonds. The number of ether oxygens (including phenoxy) is 2. The molecule has 0 fully saturated rings. The van der Waals surface area contributed by atoms with E-state index in [1.807, 2.05) is 11.4 Å². The monoisotopic (exact) mass is 365 g/mol. The lowest BCUT2D eigenvalue weighted by Crippen LogP contribution is -2.34. The zero-order valence-corrected chi connectivity index (χ0v) is 14.4. The fourth-order valence-electron chi connectivity index (χ4n) is 2.74. The van der Waals surface area contributed by atoms with Gasteiger partial charge in [0.05, 0.1) is 7.11 Å². The Morgan fingerprint density at radius 1 is 1.36 bits per heavy atom. The van der Waals surface area contributed by atoms with Gasteiger partial charge in [0.1, 0.15) is 0 Å². The molecule has 0 spiro atoms. The summed E-state index contributed by atoms with van der Waals surface area (Å²) in [5, 5.41) is 2.03. The van der Waals surface area contributed by atoms with Gasteiger partial charge in [-0.1, -0.05) is 12.1 Å². The van der Waals surface area contributed by atoms with E-state index in [2.05, 4.69) is 4.74 Å². The smallest absolute Gasteiger partial charge is 0.387 e. The van der Waals surface area contributed by atoms with Crippen molar-refractivity contribution in [3.63, 3.8) is 0 Å². The predicted octanol–water partition coefficient (Wildman–Crippen LogP) is 3.96. The van der Waals surface area contributed by atoms with E-state index >= 15 is 0 Å². The number of benzene rings is 1. The number of halogens is 2. The highest BCUT2D eigenvalue weighted by atomic mass is 32.1. The average Bonchev–Trinajstić information content (AvgIpc) is 3.07. The molecule has 0 bridgehead atoms. The fourth-order valence-corrected chi connectivity index (χ4v) is 3.63. The lowest BCUT2D eigenvalue weighted by Gasteiger charge is -2.25. The minimum absolute atomic E-state index is 0.0807. The molecule has 2 aromatic rings. The molecule has 25 heavy (non-hydrogen) atoms. The minimum atomic E-state index is -2.97. The van der Waals surface area contributed by atoms with E-state index in [1.54, 1.807) is 28.4 Å². The van der Waals surface area contributed by atoms with Crippen LogP contribution >= 0.6 is 11.3 Å². The molecular weight excluding hydrogens is 348 g/mol. The molecule has 132 valence electrons. The van der Waals surface area contributed by atoms with Crippen LogP contribution in [0.3, 0.4) is 0 Å². The first-order valence-corrected chi connectivity index (χ1v) is 8.60. The van der Waals surface area contributed by atoms with Crippen LogP contribution in [0.4, 0.5) is 8.78 Å². The molecule has 0 atom stereocenters. The average molecular weight is 365 g/mol. The van der Waals surface area contributed by atoms with Crippen LogP contribution in [0.15, 0.2) is 35.7 Å². The highest BCUT2D eigenvalue weighted by Crippen LogP contribution is 2.33. The molecule has 0 radical (unpaired) electrons. The second-order valence-electron chi connectivity index (χ2n) is 5.47. The fraction of sp³-hybridized carbons (Fsp3) is 0.278. The number of methoxy groups -OCH3 is 1. The number of hydrogen-bond acceptors (Lipinski definition) is 4. The quantitative estimate of drug-likeness (QED) is 0.753. The number of carbonyl (C=O) groups excluding carboxylic acids is 1. The van der Waals surface area contributed by atoms with Gasteiger partial charge >= 0.3 is 6.61 Å². The number of para-hydroxylation sites is 1. The van der Waals surface area contributed by atoms with Crippen molar-refractivity contribution in [3.05, 3.63) is 51.7 Å². The highest BCUT2D eigenvalue weighted by Gasteiger charge is 2.20. The number of amides is 1. The van der Waals surface area contributed by atoms with Crippen molar-refractivity contribution < 1.29 is 23.0 Å². The van der Waals surface area contributed by atoms with Gasteiger partial charge < -0.3 is 14.4 Å². The van der Waals surface area contributed by atoms with Crippen molar-refractivity contribution in [1.82, 2.24) is 4.90 Å². The third kappa shape index (κ3) is 3.99. The van der Waals surface area contributed by atoms with Gasteiger partial charge in [-0.05, 0) is 35.6 Å². The molecule has 1 aliphatic heterocycles. The first-order valence-electron chi connectivity index (χ1n) is 7.72. The van der Waals surface area contributed by atoms with E-state index in [-0.39, 0.29) is 17.4 Å². The number of nitrogens with zero attached hydrogens (tertiary/aromatic N) is 1. The molecule has 3 rings (SSSR count). The lowest BCUT2D eigenvalue weighted by molar-refractivity contribution is -0.126. The van der Waals surface area contributed by atoms with Gasteiger partial charge in [-0.2, -0.15) is 8.78 Å². The van der Waals surface area contributed by atoms with Gasteiger partial charge in [-0.15, -0.1) is 11.3 Å². The molecule has 0 unspecified atom stereocenters. The molecule has 1 aromatic carbocycles. The molecule has 1 aliphatic rings. The van der Waals surface area contributed by atoms with Crippen molar-refractivity contribution >= 4 is 23.3 Å². The SMILES string of the molecule is COc1cccc(/C=C/C(=O)N2CCc3sccc3C2)c1OC(F)F. The van der Waals surface area contributed by atoms with Crippen LogP contribution in [0.25, 0.3) is 6.08 Å². The molecule has 0 saturated carbocycles. The van der Waals surface area contributed by atoms with E-state index < -0.39 is 6.61 Å². The zero-order chi connectivity index (χ0) is 17.8. The standard InChI is InChI=1S/C18H17F2NO3S/c1-23-14-4-2-3-12(17(14)24-18(19)20)5-6-16(22)21-9-7-15-13(11-21)8-10-25-15/h2-6,8,10,18H,7,9,11H2,1H3/b6-5+. The molecule has 0 aliphatic carbocycles. The van der Waals surface area contributed by atoms with Crippen LogP contribution in [0.1, 0.15) is 16.0 Å². The van der Waals surface area contributed by atoms with Crippen LogP contribution < -0.4 is 9.47 Å². The molecule has 2 heterocycles. The summed E-state index contributed by atoms with van der Waals surface area (Å²) >= 11 is 1.70. The molecule has 7 heteroatoms. The van der Waals surface area contributed by atoms with E-state index in [1.165, 1.54) is 35.8 Å². The molecular formula is C18H17F2NO3S. The maximum atomic E-state index is 12.6. The van der Waals surface area contributed by atoms with E-state index in [4.69, 9.17) is 4.74 Å². The minimum Gasteiger partial charge on any atom is -0.493 e. The van der Waals surface area contributed by atoms with Gasteiger partial charge in [-0.3, -0.25) is 4.79 Å². The second kappa shape index (κ2) is 7.65. The van der Waals surface area contributed by atoms with Crippen LogP contribution in [0, 0.1) is 0 Å². The number of thiophene rings is 1. The maximum Gasteiger partial charge on any atom is 0.387 e. The summed E-state index contributed by atoms with van der Waals surface area (Å²) in [5.74, 6) is -0.0544. The van der Waals surface area contributed by atoms with Crippen LogP contribution in [0.2, 0.25) is 0 Å². The molecule has 4 nitrogen and oxygen atoms in total. The van der Waals surface area contributed by atoms with Gasteiger partial charge in [0.25, 0.3) is 0 Å². The summed E-state index contributed by atoms with van der Waals surface area (Å²) in [6.45, 7) is -1.76. The summed E-state index contributed by atoms with van der Waals surface area (Å²) in [7, 11) is 1.37. The van der Waals surface area contributed by atoms with Crippen LogP contribution in [0.5, 0.6) is 11.5 Å². The topological polar surface area (TPSA) is 38.8 Å². The summed E-state index contributed by atoms with van der Waals surface area (Å²) in [5.41, 5.74) is 1.53. The third-order valence-corrected chi connectivity index (χ3v) is 4.98. The summed E-state index contributed by atoms with van der Waals surface area (Å²) in [6, 6.07) is 6.80. The van der Waals surface area contributed by atoms with Crippen molar-refractivity contribution in [2.75, 3.05) is 13.7 Å². The predicted molar refractivity (Wildman–Crippen MR) is 92.1 cm³/mol. The normalized spacial score (nSPS) is 14.0. The van der Waals surface area contributed by atoms with Gasteiger partial charge in [-0.25, -0.2) is 0 Å². The molecule has 1 aromatic heterocycles. The number of fused-ring (bicyclic) bond motifs is 1. The van der Waals surface area contributed by atoms with Crippen molar-refractivity contribution in [1.29, 1.82) is 0 Å². The Balaban J connectivity index is 1.76. The largest absolute Gasteiger partial charge is 0.493 e. The maximum absolute atomic E-state index is 12.6. The Morgan fingerprint density at radius 3 is 2.96 bits per heavy atom. The van der Waals surface area contributed by atoms with E-state index in [0.29, 0.717) is 18.7 Å². The van der Waals surface area contributed by atoms with Crippen molar-refractivity contribution in [2.45, 2.75) is 19.6 Å². The number of carbonyl (C=O) groups is 1. The number of hydrogen-bond donors (Lipinski definition) is 0. The molecule has 0 saturated heterocycles. The van der Waals surface area contributed by atoms with E-state index in [9.17, 15) is 13.6 Å². The van der Waals surface area contributed by atoms with Crippen LogP contribution in [-0.4, -0.2) is 31.1 Å². The second-order valence-corrected chi connectivity index (χ2v) is 6.47. The van der Waals surface area contributed by atoms with Gasteiger partial charge in [0.2, 0.25) is 5.91 Å². The lowest BCUT2D eigenvalue weighted by atomic mass is 10.1. The summed E-state index contributed by atoms with van der Waals surface area (Å²) < 4.78 is 34.9. The number of rotatable bonds is 5. The number of alkyl halides is 2. The zero-order valence-electron chi connectivity index (χ0n) is 13.6. The Labute approximate surface area is 148 Å². The Morgan fingerprint density at radius 2 is 2.20 bits per heavy atom. The Bertz CT molecular complexity index is 788. The third-order valence-electron chi connectivity index (χ3n) is 3.96. The Hall–Kier alpha value is -2.41. The highest BCUT2D eigenvalue weighted by molar-refractivity contribution is 7.10.